The summed E-state index contributed by atoms with van der Waals surface area (Å²) in [5, 5.41) is 2.99. The molecule has 0 radical (unpaired) electrons. The Labute approximate surface area is 443 Å². The number of hydrogen-bond donors (Lipinski definition) is 0. The molecule has 9 aromatic carbocycles. The monoisotopic (exact) mass is 1040 g/mol. The van der Waals surface area contributed by atoms with Crippen LogP contribution in [-0.4, -0.2) is 49.5 Å². The first-order chi connectivity index (χ1) is 35.4. The summed E-state index contributed by atoms with van der Waals surface area (Å²) >= 11 is -2.00. The molecule has 0 spiro atoms. The van der Waals surface area contributed by atoms with Crippen LogP contribution in [0.3, 0.4) is 0 Å². The van der Waals surface area contributed by atoms with E-state index in [1.165, 1.54) is 82.0 Å². The Morgan fingerprint density at radius 2 is 0.603 bits per heavy atom. The van der Waals surface area contributed by atoms with Crippen molar-refractivity contribution in [2.45, 2.75) is 62.1 Å². The molecule has 1 saturated carbocycles. The fourth-order valence-electron chi connectivity index (χ4n) is 9.99. The molecular weight excluding hydrogens is 959 g/mol. The maximum atomic E-state index is 2.45. The minimum atomic E-state index is -2.00. The Bertz CT molecular complexity index is 2670. The van der Waals surface area contributed by atoms with Gasteiger partial charge in [0.15, 0.2) is 0 Å². The van der Waals surface area contributed by atoms with Crippen LogP contribution >= 0.6 is 0 Å². The summed E-state index contributed by atoms with van der Waals surface area (Å²) in [6, 6.07) is 93.5. The Hall–Kier alpha value is -6.86. The molecule has 372 valence electrons. The van der Waals surface area contributed by atoms with Crippen LogP contribution in [0, 0.1) is 0 Å². The quantitative estimate of drug-likeness (QED) is 0.120. The average Bonchev–Trinajstić information content (AvgIpc) is 3.47. The van der Waals surface area contributed by atoms with E-state index in [4.69, 9.17) is 0 Å². The molecule has 1 aliphatic rings. The van der Waals surface area contributed by atoms with E-state index in [9.17, 15) is 0 Å². The van der Waals surface area contributed by atoms with Gasteiger partial charge in [0.05, 0.1) is 0 Å². The van der Waals surface area contributed by atoms with E-state index >= 15 is 0 Å². The van der Waals surface area contributed by atoms with Gasteiger partial charge in [-0.3, -0.25) is 0 Å². The Morgan fingerprint density at radius 3 is 0.904 bits per heavy atom. The van der Waals surface area contributed by atoms with Crippen LogP contribution in [0.1, 0.15) is 43.2 Å². The molecule has 0 aliphatic heterocycles. The third kappa shape index (κ3) is 14.2. The van der Waals surface area contributed by atoms with Crippen LogP contribution in [0.5, 0.6) is 0 Å². The van der Waals surface area contributed by atoms with Gasteiger partial charge in [-0.15, -0.1) is 0 Å². The first-order valence-corrected chi connectivity index (χ1v) is 35.4. The molecule has 0 unspecified atom stereocenters. The van der Waals surface area contributed by atoms with Crippen molar-refractivity contribution in [2.75, 3.05) is 42.9 Å². The van der Waals surface area contributed by atoms with Gasteiger partial charge >= 0.3 is 94.2 Å². The fourth-order valence-corrected chi connectivity index (χ4v) is 17.4. The van der Waals surface area contributed by atoms with E-state index in [0.29, 0.717) is 0 Å². The minimum absolute atomic E-state index is 0.103. The summed E-state index contributed by atoms with van der Waals surface area (Å²) in [6.07, 6.45) is 6.35. The van der Waals surface area contributed by atoms with Gasteiger partial charge in [0.25, 0.3) is 0 Å². The molecule has 1 fully saturated rings. The van der Waals surface area contributed by atoms with Crippen LogP contribution in [0.2, 0.25) is 24.6 Å². The number of para-hydroxylation sites is 3. The number of nitrogens with zero attached hydrogens (tertiary/aromatic N) is 3. The zero-order valence-electron chi connectivity index (χ0n) is 44.7. The Kier molecular flexibility index (Phi) is 19.4. The molecule has 1 aliphatic carbocycles. The normalized spacial score (nSPS) is 12.8. The van der Waals surface area contributed by atoms with Crippen molar-refractivity contribution in [1.82, 2.24) is 0 Å². The van der Waals surface area contributed by atoms with Crippen molar-refractivity contribution >= 4 is 68.9 Å². The van der Waals surface area contributed by atoms with E-state index < -0.39 is 21.3 Å². The number of anilines is 5. The van der Waals surface area contributed by atoms with E-state index in [0.717, 1.165) is 0 Å². The second-order valence-electron chi connectivity index (χ2n) is 20.5. The van der Waals surface area contributed by atoms with Gasteiger partial charge in [-0.25, -0.2) is 0 Å². The summed E-state index contributed by atoms with van der Waals surface area (Å²) in [6.45, 7) is 4.80. The zero-order chi connectivity index (χ0) is 51.5. The van der Waals surface area contributed by atoms with Gasteiger partial charge in [-0.05, 0) is 84.6 Å². The average molecular weight is 1040 g/mol. The SMILES string of the molecule is CN(C)c1ccccc1.CN(c1ccccc1)c1ccc(C2(c3ccc(N(C)c4ccccc4)cc3)CCCCC2)cc1.C[Si](C)(c1ccccc1)c1ccccc1.[CH3][Ge]([CH3])([c]1ccccc1)[c]1ccccc1. The van der Waals surface area contributed by atoms with Crippen LogP contribution in [0.25, 0.3) is 0 Å². The molecule has 0 aromatic heterocycles. The first kappa shape index (κ1) is 53.9. The summed E-state index contributed by atoms with van der Waals surface area (Å²) in [7, 11) is 6.90. The number of benzene rings is 9. The van der Waals surface area contributed by atoms with Gasteiger partial charge in [-0.2, -0.15) is 0 Å². The molecule has 0 bridgehead atoms. The Morgan fingerprint density at radius 1 is 0.329 bits per heavy atom. The standard InChI is InChI=1S/C32H34N2.C14H16Ge.C14H16Si.C8H11N/c1-33(28-12-6-3-7-13-28)30-20-16-26(17-21-30)32(24-10-5-11-25-32)27-18-22-31(23-19-27)34(2)29-14-8-4-9-15-29;2*1-15(2,13-9-5-3-6-10-13)14-11-7-4-8-12-14;1-9(2)8-6-4-3-5-7-8/h3-4,6-9,12-23H,5,10-11,24-25H2,1-2H3;2*3-12H,1-2H3;3-7H,1-2H3. The van der Waals surface area contributed by atoms with Gasteiger partial charge < -0.3 is 14.7 Å². The molecular formula is C68H77GeN3Si. The van der Waals surface area contributed by atoms with Crippen LogP contribution < -0.4 is 33.9 Å². The first-order valence-electron chi connectivity index (χ1n) is 26.1. The predicted octanol–water partition coefficient (Wildman–Crippen LogP) is 15.2. The van der Waals surface area contributed by atoms with Crippen molar-refractivity contribution in [3.8, 4) is 0 Å². The summed E-state index contributed by atoms with van der Waals surface area (Å²) in [4.78, 5) is 6.59. The van der Waals surface area contributed by atoms with Gasteiger partial charge in [0.2, 0.25) is 0 Å². The van der Waals surface area contributed by atoms with Crippen molar-refractivity contribution in [1.29, 1.82) is 0 Å². The van der Waals surface area contributed by atoms with Crippen molar-refractivity contribution in [3.05, 3.63) is 272 Å². The zero-order valence-corrected chi connectivity index (χ0v) is 47.8. The van der Waals surface area contributed by atoms with Gasteiger partial charge in [-0.1, -0.05) is 182 Å². The molecule has 9 aromatic rings. The molecule has 73 heavy (non-hydrogen) atoms. The van der Waals surface area contributed by atoms with Crippen LogP contribution in [0.15, 0.2) is 261 Å². The van der Waals surface area contributed by atoms with E-state index in [2.05, 4.69) is 296 Å². The summed E-state index contributed by atoms with van der Waals surface area (Å²) < 4.78 is 3.09. The van der Waals surface area contributed by atoms with Gasteiger partial charge in [0, 0.05) is 62.0 Å². The van der Waals surface area contributed by atoms with E-state index in [-0.39, 0.29) is 5.41 Å². The third-order valence-electron chi connectivity index (χ3n) is 14.9. The molecule has 0 saturated heterocycles. The maximum absolute atomic E-state index is 2.45. The Balaban J connectivity index is 0.000000165. The molecule has 0 amide bonds. The molecule has 3 nitrogen and oxygen atoms in total. The molecule has 0 atom stereocenters. The molecule has 5 heteroatoms. The fraction of sp³-hybridized carbons (Fsp3) is 0.206. The second-order valence-corrected chi connectivity index (χ2v) is 34.1. The number of rotatable bonds is 11. The van der Waals surface area contributed by atoms with Crippen LogP contribution in [-0.2, 0) is 5.41 Å². The van der Waals surface area contributed by atoms with Crippen molar-refractivity contribution < 1.29 is 0 Å². The van der Waals surface area contributed by atoms with Gasteiger partial charge in [0.1, 0.15) is 8.07 Å². The molecule has 0 N–H and O–H groups in total. The number of hydrogen-bond acceptors (Lipinski definition) is 3. The van der Waals surface area contributed by atoms with Crippen LogP contribution in [0.4, 0.5) is 28.4 Å². The van der Waals surface area contributed by atoms with E-state index in [1.54, 1.807) is 8.79 Å². The summed E-state index contributed by atoms with van der Waals surface area (Å²) in [5.41, 5.74) is 9.11. The summed E-state index contributed by atoms with van der Waals surface area (Å²) in [5.74, 6) is 4.90. The molecule has 10 rings (SSSR count). The predicted molar refractivity (Wildman–Crippen MR) is 326 cm³/mol. The van der Waals surface area contributed by atoms with Crippen molar-refractivity contribution in [3.63, 3.8) is 0 Å². The van der Waals surface area contributed by atoms with E-state index in [1.807, 2.05) is 32.3 Å². The topological polar surface area (TPSA) is 9.72 Å². The second kappa shape index (κ2) is 26.2. The van der Waals surface area contributed by atoms with Crippen molar-refractivity contribution in [2.24, 2.45) is 0 Å². The third-order valence-corrected chi connectivity index (χ3v) is 25.9. The molecule has 0 heterocycles.